The fourth-order valence-electron chi connectivity index (χ4n) is 1.30. The third kappa shape index (κ3) is 11.3. The van der Waals surface area contributed by atoms with Gasteiger partial charge in [0.2, 0.25) is 0 Å². The monoisotopic (exact) mass is 260 g/mol. The first kappa shape index (κ1) is 16.1. The lowest BCUT2D eigenvalue weighted by Gasteiger charge is -1.97. The van der Waals surface area contributed by atoms with Crippen LogP contribution < -0.4 is 4.57 Å². The molecule has 1 aromatic heterocycles. The largest absolute Gasteiger partial charge is 0.286 e. The summed E-state index contributed by atoms with van der Waals surface area (Å²) in [6, 6.07) is 4.34. The Morgan fingerprint density at radius 2 is 1.94 bits per heavy atom. The summed E-state index contributed by atoms with van der Waals surface area (Å²) in [5.74, 6) is 0. The van der Waals surface area contributed by atoms with E-state index in [1.165, 1.54) is 24.8 Å². The molecule has 4 nitrogen and oxygen atoms in total. The van der Waals surface area contributed by atoms with Gasteiger partial charge in [0, 0.05) is 11.6 Å². The molecule has 0 aliphatic heterocycles. The normalized spacial score (nSPS) is 10.6. The Kier molecular flexibility index (Phi) is 7.74. The van der Waals surface area contributed by atoms with Crippen molar-refractivity contribution in [2.24, 2.45) is 0 Å². The summed E-state index contributed by atoms with van der Waals surface area (Å²) < 4.78 is 28.1. The maximum atomic E-state index is 9.19. The molecule has 0 saturated carbocycles. The molecule has 0 atom stereocenters. The number of pyridine rings is 1. The van der Waals surface area contributed by atoms with Gasteiger partial charge < -0.3 is 0 Å². The fraction of sp³-hybridized carbons (Fsp3) is 0.583. The van der Waals surface area contributed by atoms with Crippen LogP contribution in [0.15, 0.2) is 24.5 Å². The minimum absolute atomic E-state index is 0.715. The molecule has 0 amide bonds. The first-order chi connectivity index (χ1) is 7.86. The highest BCUT2D eigenvalue weighted by atomic mass is 32.2. The minimum atomic E-state index is -3.67. The Morgan fingerprint density at radius 1 is 1.35 bits per heavy atom. The van der Waals surface area contributed by atoms with Crippen LogP contribution in [0.5, 0.6) is 0 Å². The summed E-state index contributed by atoms with van der Waals surface area (Å²) in [5.41, 5.74) is 1.46. The van der Waals surface area contributed by atoms with E-state index in [4.69, 9.17) is 4.55 Å². The van der Waals surface area contributed by atoms with Crippen molar-refractivity contribution in [3.63, 3.8) is 0 Å². The number of aromatic nitrogens is 1. The minimum Gasteiger partial charge on any atom is -0.286 e. The van der Waals surface area contributed by atoms with E-state index in [0.717, 1.165) is 6.54 Å². The lowest BCUT2D eigenvalue weighted by atomic mass is 10.1. The first-order valence-corrected chi connectivity index (χ1v) is 7.62. The number of unbranched alkanes of at least 4 members (excludes halogenated alkanes) is 1. The smallest absolute Gasteiger partial charge is 0.261 e. The third-order valence-corrected chi connectivity index (χ3v) is 2.10. The van der Waals surface area contributed by atoms with Crippen molar-refractivity contribution in [2.45, 2.75) is 39.7 Å². The molecule has 0 fully saturated rings. The van der Waals surface area contributed by atoms with E-state index in [9.17, 15) is 8.42 Å². The van der Waals surface area contributed by atoms with Crippen molar-refractivity contribution in [3.05, 3.63) is 30.1 Å². The van der Waals surface area contributed by atoms with Crippen molar-refractivity contribution in [1.29, 1.82) is 0 Å². The van der Waals surface area contributed by atoms with Crippen LogP contribution in [0.25, 0.3) is 0 Å². The van der Waals surface area contributed by atoms with Gasteiger partial charge in [0.15, 0.2) is 12.4 Å². The van der Waals surface area contributed by atoms with Gasteiger partial charge in [-0.1, -0.05) is 13.3 Å². The van der Waals surface area contributed by atoms with Gasteiger partial charge >= 0.3 is 0 Å². The predicted molar refractivity (Wildman–Crippen MR) is 68.4 cm³/mol. The Balaban J connectivity index is 0.000000437. The molecular formula is C12H22NO3S+. The van der Waals surface area contributed by atoms with Crippen LogP contribution >= 0.6 is 0 Å². The van der Waals surface area contributed by atoms with Crippen LogP contribution in [0.4, 0.5) is 0 Å². The van der Waals surface area contributed by atoms with Crippen molar-refractivity contribution >= 4 is 10.1 Å². The van der Waals surface area contributed by atoms with E-state index >= 15 is 0 Å². The van der Waals surface area contributed by atoms with Gasteiger partial charge in [-0.25, -0.2) is 4.57 Å². The number of rotatable bonds is 4. The molecule has 0 bridgehead atoms. The molecule has 1 heterocycles. The molecule has 0 unspecified atom stereocenters. The quantitative estimate of drug-likeness (QED) is 0.664. The van der Waals surface area contributed by atoms with Crippen molar-refractivity contribution in [2.75, 3.05) is 6.26 Å². The highest BCUT2D eigenvalue weighted by molar-refractivity contribution is 7.85. The molecule has 0 saturated heterocycles. The van der Waals surface area contributed by atoms with Gasteiger partial charge in [0.05, 0.1) is 6.26 Å². The number of nitrogens with zero attached hydrogens (tertiary/aromatic N) is 1. The zero-order valence-corrected chi connectivity index (χ0v) is 11.6. The second-order valence-electron chi connectivity index (χ2n) is 3.88. The average molecular weight is 260 g/mol. The standard InChI is InChI=1S/C11H18N.CH4O3S/c1-3-5-7-11-8-6-9-12(4-2)10-11;1-5(2,3)4/h6,8-10H,3-5,7H2,1-2H3;1H3,(H,2,3,4)/q+1;. The summed E-state index contributed by atoms with van der Waals surface area (Å²) in [7, 11) is -3.67. The number of hydrogen-bond acceptors (Lipinski definition) is 2. The zero-order valence-electron chi connectivity index (χ0n) is 10.8. The van der Waals surface area contributed by atoms with Crippen molar-refractivity contribution in [3.8, 4) is 0 Å². The van der Waals surface area contributed by atoms with E-state index in [0.29, 0.717) is 6.26 Å². The van der Waals surface area contributed by atoms with Gasteiger partial charge in [-0.15, -0.1) is 0 Å². The van der Waals surface area contributed by atoms with Gasteiger partial charge in [-0.05, 0) is 25.8 Å². The molecule has 0 aromatic carbocycles. The number of hydrogen-bond donors (Lipinski definition) is 1. The first-order valence-electron chi connectivity index (χ1n) is 5.77. The number of aryl methyl sites for hydroxylation is 2. The van der Waals surface area contributed by atoms with Crippen LogP contribution in [0.3, 0.4) is 0 Å². The van der Waals surface area contributed by atoms with Crippen LogP contribution in [-0.2, 0) is 23.1 Å². The Labute approximate surface area is 104 Å². The average Bonchev–Trinajstić information content (AvgIpc) is 2.24. The molecule has 0 aliphatic carbocycles. The van der Waals surface area contributed by atoms with Gasteiger partial charge in [-0.3, -0.25) is 4.55 Å². The summed E-state index contributed by atoms with van der Waals surface area (Å²) in [5, 5.41) is 0. The van der Waals surface area contributed by atoms with E-state index < -0.39 is 10.1 Å². The highest BCUT2D eigenvalue weighted by Crippen LogP contribution is 2.01. The van der Waals surface area contributed by atoms with E-state index in [1.807, 2.05) is 0 Å². The molecule has 1 aromatic rings. The molecule has 17 heavy (non-hydrogen) atoms. The molecule has 0 aliphatic rings. The molecule has 98 valence electrons. The van der Waals surface area contributed by atoms with Crippen molar-refractivity contribution < 1.29 is 17.5 Å². The fourth-order valence-corrected chi connectivity index (χ4v) is 1.30. The summed E-state index contributed by atoms with van der Waals surface area (Å²) in [6.45, 7) is 5.47. The zero-order chi connectivity index (χ0) is 13.3. The lowest BCUT2D eigenvalue weighted by Crippen LogP contribution is -2.31. The third-order valence-electron chi connectivity index (χ3n) is 2.10. The highest BCUT2D eigenvalue weighted by Gasteiger charge is 1.98. The van der Waals surface area contributed by atoms with Gasteiger partial charge in [0.25, 0.3) is 10.1 Å². The van der Waals surface area contributed by atoms with Crippen LogP contribution in [0.1, 0.15) is 32.3 Å². The summed E-state index contributed by atoms with van der Waals surface area (Å²) >= 11 is 0. The van der Waals surface area contributed by atoms with Crippen LogP contribution in [-0.4, -0.2) is 19.2 Å². The topological polar surface area (TPSA) is 58.2 Å². The lowest BCUT2D eigenvalue weighted by molar-refractivity contribution is -0.694. The van der Waals surface area contributed by atoms with Crippen molar-refractivity contribution in [1.82, 2.24) is 0 Å². The molecule has 0 spiro atoms. The summed E-state index contributed by atoms with van der Waals surface area (Å²) in [4.78, 5) is 0. The summed E-state index contributed by atoms with van der Waals surface area (Å²) in [6.07, 6.45) is 8.88. The second kappa shape index (κ2) is 8.20. The van der Waals surface area contributed by atoms with E-state index in [2.05, 4.69) is 42.9 Å². The van der Waals surface area contributed by atoms with Gasteiger partial charge in [-0.2, -0.15) is 8.42 Å². The molecule has 1 rings (SSSR count). The molecule has 1 N–H and O–H groups in total. The SMILES string of the molecule is CCCCc1ccc[n+](CC)c1.CS(=O)(=O)O. The van der Waals surface area contributed by atoms with E-state index in [-0.39, 0.29) is 0 Å². The Bertz CT molecular complexity index is 408. The van der Waals surface area contributed by atoms with Gasteiger partial charge in [0.1, 0.15) is 6.54 Å². The maximum Gasteiger partial charge on any atom is 0.261 e. The van der Waals surface area contributed by atoms with Crippen LogP contribution in [0.2, 0.25) is 0 Å². The Morgan fingerprint density at radius 3 is 2.41 bits per heavy atom. The maximum absolute atomic E-state index is 9.19. The molecule has 0 radical (unpaired) electrons. The van der Waals surface area contributed by atoms with E-state index in [1.54, 1.807) is 0 Å². The Hall–Kier alpha value is -0.940. The second-order valence-corrected chi connectivity index (χ2v) is 5.35. The van der Waals surface area contributed by atoms with Crippen LogP contribution in [0, 0.1) is 0 Å². The molecule has 5 heteroatoms. The molecular weight excluding hydrogens is 238 g/mol. The predicted octanol–water partition coefficient (Wildman–Crippen LogP) is 1.84.